The van der Waals surface area contributed by atoms with Crippen molar-refractivity contribution in [3.05, 3.63) is 28.8 Å². The molecule has 0 aliphatic carbocycles. The molecule has 0 spiro atoms. The maximum atomic E-state index is 5.83. The highest BCUT2D eigenvalue weighted by Crippen LogP contribution is 2.30. The number of hydrogen-bond acceptors (Lipinski definition) is 2. The van der Waals surface area contributed by atoms with Gasteiger partial charge in [-0.05, 0) is 50.3 Å². The molecule has 1 heterocycles. The second-order valence-corrected chi connectivity index (χ2v) is 4.26. The summed E-state index contributed by atoms with van der Waals surface area (Å²) in [6, 6.07) is 4.46. The van der Waals surface area contributed by atoms with Gasteiger partial charge in [0.1, 0.15) is 5.75 Å². The molecule has 1 aromatic rings. The fourth-order valence-corrected chi connectivity index (χ4v) is 2.23. The third kappa shape index (κ3) is 2.32. The lowest BCUT2D eigenvalue weighted by atomic mass is 9.99. The van der Waals surface area contributed by atoms with Crippen LogP contribution in [-0.4, -0.2) is 13.2 Å². The van der Waals surface area contributed by atoms with Gasteiger partial charge in [0.2, 0.25) is 0 Å². The molecule has 1 aromatic carbocycles. The summed E-state index contributed by atoms with van der Waals surface area (Å²) in [4.78, 5) is 0. The number of aryl methyl sites for hydroxylation is 2. The fourth-order valence-electron chi connectivity index (χ4n) is 2.23. The number of ether oxygens (including phenoxy) is 1. The largest absolute Gasteiger partial charge is 0.493 e. The highest BCUT2D eigenvalue weighted by atomic mass is 16.5. The van der Waals surface area contributed by atoms with Crippen molar-refractivity contribution in [2.75, 3.05) is 13.2 Å². The van der Waals surface area contributed by atoms with Crippen LogP contribution in [0.5, 0.6) is 5.75 Å². The van der Waals surface area contributed by atoms with E-state index in [-0.39, 0.29) is 0 Å². The van der Waals surface area contributed by atoms with E-state index in [9.17, 15) is 0 Å². The highest BCUT2D eigenvalue weighted by molar-refractivity contribution is 5.45. The first-order valence-corrected chi connectivity index (χ1v) is 5.76. The summed E-state index contributed by atoms with van der Waals surface area (Å²) in [6.45, 7) is 3.69. The van der Waals surface area contributed by atoms with Crippen molar-refractivity contribution in [1.29, 1.82) is 0 Å². The average Bonchev–Trinajstić information content (AvgIpc) is 2.43. The summed E-state index contributed by atoms with van der Waals surface area (Å²) < 4.78 is 5.83. The van der Waals surface area contributed by atoms with Crippen LogP contribution in [0.3, 0.4) is 0 Å². The first kappa shape index (κ1) is 10.5. The van der Waals surface area contributed by atoms with Crippen LogP contribution < -0.4 is 10.5 Å². The molecule has 2 heteroatoms. The smallest absolute Gasteiger partial charge is 0.125 e. The van der Waals surface area contributed by atoms with Crippen LogP contribution in [0.4, 0.5) is 0 Å². The zero-order chi connectivity index (χ0) is 10.7. The third-order valence-corrected chi connectivity index (χ3v) is 2.89. The van der Waals surface area contributed by atoms with Crippen LogP contribution in [-0.2, 0) is 12.8 Å². The molecule has 1 aliphatic rings. The van der Waals surface area contributed by atoms with Gasteiger partial charge in [-0.3, -0.25) is 0 Å². The van der Waals surface area contributed by atoms with Crippen molar-refractivity contribution in [1.82, 2.24) is 0 Å². The van der Waals surface area contributed by atoms with Crippen molar-refractivity contribution in [2.45, 2.75) is 32.6 Å². The molecule has 1 aliphatic heterocycles. The van der Waals surface area contributed by atoms with Crippen LogP contribution in [0.2, 0.25) is 0 Å². The monoisotopic (exact) mass is 205 g/mol. The topological polar surface area (TPSA) is 35.2 Å². The van der Waals surface area contributed by atoms with Gasteiger partial charge in [0.05, 0.1) is 6.61 Å². The Labute approximate surface area is 91.4 Å². The molecule has 0 saturated carbocycles. The SMILES string of the molecule is Cc1cc(CCN)c2c(c1)CCCCO2. The minimum Gasteiger partial charge on any atom is -0.493 e. The van der Waals surface area contributed by atoms with Gasteiger partial charge >= 0.3 is 0 Å². The minimum atomic E-state index is 0.694. The highest BCUT2D eigenvalue weighted by Gasteiger charge is 2.13. The Morgan fingerprint density at radius 1 is 1.33 bits per heavy atom. The Hall–Kier alpha value is -1.02. The van der Waals surface area contributed by atoms with E-state index in [0.29, 0.717) is 6.54 Å². The molecule has 0 fully saturated rings. The molecule has 0 saturated heterocycles. The van der Waals surface area contributed by atoms with Gasteiger partial charge in [0.15, 0.2) is 0 Å². The molecule has 2 N–H and O–H groups in total. The first-order chi connectivity index (χ1) is 7.31. The van der Waals surface area contributed by atoms with Crippen LogP contribution in [0, 0.1) is 6.92 Å². The molecular formula is C13H19NO. The average molecular weight is 205 g/mol. The zero-order valence-corrected chi connectivity index (χ0v) is 9.38. The molecule has 2 rings (SSSR count). The van der Waals surface area contributed by atoms with Crippen LogP contribution in [0.1, 0.15) is 29.5 Å². The zero-order valence-electron chi connectivity index (χ0n) is 9.38. The van der Waals surface area contributed by atoms with Crippen molar-refractivity contribution in [2.24, 2.45) is 5.73 Å². The van der Waals surface area contributed by atoms with E-state index < -0.39 is 0 Å². The molecule has 0 aromatic heterocycles. The summed E-state index contributed by atoms with van der Waals surface area (Å²) in [5.41, 5.74) is 9.61. The fraction of sp³-hybridized carbons (Fsp3) is 0.538. The van der Waals surface area contributed by atoms with Gasteiger partial charge in [0.25, 0.3) is 0 Å². The van der Waals surface area contributed by atoms with Crippen molar-refractivity contribution in [3.8, 4) is 5.75 Å². The Bertz CT molecular complexity index is 347. The molecular weight excluding hydrogens is 186 g/mol. The van der Waals surface area contributed by atoms with Crippen LogP contribution in [0.25, 0.3) is 0 Å². The van der Waals surface area contributed by atoms with E-state index in [4.69, 9.17) is 10.5 Å². The van der Waals surface area contributed by atoms with E-state index >= 15 is 0 Å². The van der Waals surface area contributed by atoms with E-state index in [1.54, 1.807) is 0 Å². The molecule has 0 amide bonds. The summed E-state index contributed by atoms with van der Waals surface area (Å²) in [5.74, 6) is 1.11. The molecule has 0 radical (unpaired) electrons. The maximum Gasteiger partial charge on any atom is 0.125 e. The Balaban J connectivity index is 2.40. The van der Waals surface area contributed by atoms with E-state index in [1.165, 1.54) is 23.1 Å². The first-order valence-electron chi connectivity index (χ1n) is 5.76. The van der Waals surface area contributed by atoms with Crippen LogP contribution in [0.15, 0.2) is 12.1 Å². The van der Waals surface area contributed by atoms with Crippen molar-refractivity contribution >= 4 is 0 Å². The Morgan fingerprint density at radius 3 is 3.00 bits per heavy atom. The van der Waals surface area contributed by atoms with Gasteiger partial charge in [0, 0.05) is 0 Å². The summed E-state index contributed by atoms with van der Waals surface area (Å²) >= 11 is 0. The van der Waals surface area contributed by atoms with Gasteiger partial charge in [-0.1, -0.05) is 17.7 Å². The van der Waals surface area contributed by atoms with Crippen molar-refractivity contribution in [3.63, 3.8) is 0 Å². The lowest BCUT2D eigenvalue weighted by Gasteiger charge is -2.13. The molecule has 0 bridgehead atoms. The van der Waals surface area contributed by atoms with E-state index in [2.05, 4.69) is 19.1 Å². The Kier molecular flexibility index (Phi) is 3.27. The normalized spacial score (nSPS) is 15.3. The molecule has 0 atom stereocenters. The Morgan fingerprint density at radius 2 is 2.20 bits per heavy atom. The second kappa shape index (κ2) is 4.67. The molecule has 0 unspecified atom stereocenters. The van der Waals surface area contributed by atoms with Gasteiger partial charge in [-0.25, -0.2) is 0 Å². The quantitative estimate of drug-likeness (QED) is 0.803. The van der Waals surface area contributed by atoms with Gasteiger partial charge < -0.3 is 10.5 Å². The number of nitrogens with two attached hydrogens (primary N) is 1. The predicted octanol–water partition coefficient (Wildman–Crippen LogP) is 2.21. The van der Waals surface area contributed by atoms with E-state index in [0.717, 1.165) is 31.6 Å². The molecule has 2 nitrogen and oxygen atoms in total. The number of fused-ring (bicyclic) bond motifs is 1. The van der Waals surface area contributed by atoms with Crippen molar-refractivity contribution < 1.29 is 4.74 Å². The summed E-state index contributed by atoms with van der Waals surface area (Å²) in [5, 5.41) is 0. The summed E-state index contributed by atoms with van der Waals surface area (Å²) in [7, 11) is 0. The standard InChI is InChI=1S/C13H19NO/c1-10-8-11-4-2-3-7-15-13(11)12(9-10)5-6-14/h8-9H,2-7,14H2,1H3. The maximum absolute atomic E-state index is 5.83. The lowest BCUT2D eigenvalue weighted by molar-refractivity contribution is 0.314. The summed E-state index contributed by atoms with van der Waals surface area (Å²) in [6.07, 6.45) is 4.47. The number of benzene rings is 1. The van der Waals surface area contributed by atoms with Crippen LogP contribution >= 0.6 is 0 Å². The number of rotatable bonds is 2. The second-order valence-electron chi connectivity index (χ2n) is 4.26. The molecule has 15 heavy (non-hydrogen) atoms. The van der Waals surface area contributed by atoms with Gasteiger partial charge in [-0.2, -0.15) is 0 Å². The minimum absolute atomic E-state index is 0.694. The lowest BCUT2D eigenvalue weighted by Crippen LogP contribution is -2.06. The van der Waals surface area contributed by atoms with Gasteiger partial charge in [-0.15, -0.1) is 0 Å². The van der Waals surface area contributed by atoms with E-state index in [1.807, 2.05) is 0 Å². The third-order valence-electron chi connectivity index (χ3n) is 2.89. The number of hydrogen-bond donors (Lipinski definition) is 1. The predicted molar refractivity (Wildman–Crippen MR) is 62.4 cm³/mol. The molecule has 82 valence electrons.